The minimum atomic E-state index is -0.521. The monoisotopic (exact) mass is 282 g/mol. The number of fused-ring (bicyclic) bond motifs is 1. The van der Waals surface area contributed by atoms with Crippen LogP contribution in [0.5, 0.6) is 0 Å². The molecule has 4 heteroatoms. The summed E-state index contributed by atoms with van der Waals surface area (Å²) in [5.74, 6) is 0. The summed E-state index contributed by atoms with van der Waals surface area (Å²) in [6.45, 7) is 5.54. The van der Waals surface area contributed by atoms with Gasteiger partial charge in [0.25, 0.3) is 0 Å². The van der Waals surface area contributed by atoms with Gasteiger partial charge in [-0.25, -0.2) is 4.79 Å². The van der Waals surface area contributed by atoms with Crippen molar-refractivity contribution in [2.24, 2.45) is 0 Å². The first-order chi connectivity index (χ1) is 9.85. The molecular formula is C17H18N2O2. The molecule has 0 N–H and O–H groups in total. The first kappa shape index (κ1) is 13.7. The number of carbonyl (C=O) groups excluding carboxylic acids is 1. The largest absolute Gasteiger partial charge is 0.443 e. The van der Waals surface area contributed by atoms with Crippen LogP contribution in [0.3, 0.4) is 0 Å². The lowest BCUT2D eigenvalue weighted by Crippen LogP contribution is -2.26. The molecule has 2 aromatic rings. The zero-order chi connectivity index (χ0) is 15.3. The summed E-state index contributed by atoms with van der Waals surface area (Å²) in [5.41, 5.74) is 1.02. The van der Waals surface area contributed by atoms with Crippen molar-refractivity contribution in [3.05, 3.63) is 36.0 Å². The summed E-state index contributed by atoms with van der Waals surface area (Å²) in [7, 11) is 0. The zero-order valence-electron chi connectivity index (χ0n) is 12.5. The minimum absolute atomic E-state index is 0.303. The van der Waals surface area contributed by atoms with Gasteiger partial charge in [0.15, 0.2) is 0 Å². The number of aromatic nitrogens is 1. The normalized spacial score (nSPS) is 16.5. The molecule has 0 spiro atoms. The van der Waals surface area contributed by atoms with E-state index in [1.54, 1.807) is 6.20 Å². The van der Waals surface area contributed by atoms with Crippen molar-refractivity contribution in [3.8, 4) is 6.07 Å². The highest BCUT2D eigenvalue weighted by atomic mass is 16.6. The number of benzene rings is 1. The smallest absolute Gasteiger partial charge is 0.418 e. The number of hydrogen-bond acceptors (Lipinski definition) is 3. The van der Waals surface area contributed by atoms with Gasteiger partial charge in [-0.2, -0.15) is 5.26 Å². The first-order valence-electron chi connectivity index (χ1n) is 7.11. The number of hydrogen-bond donors (Lipinski definition) is 0. The maximum absolute atomic E-state index is 12.2. The Morgan fingerprint density at radius 3 is 2.62 bits per heavy atom. The molecular weight excluding hydrogens is 264 g/mol. The van der Waals surface area contributed by atoms with E-state index in [0.717, 1.165) is 29.3 Å². The Morgan fingerprint density at radius 2 is 2.05 bits per heavy atom. The molecule has 0 atom stereocenters. The highest BCUT2D eigenvalue weighted by Crippen LogP contribution is 2.48. The quantitative estimate of drug-likeness (QED) is 0.795. The molecule has 1 heterocycles. The van der Waals surface area contributed by atoms with Crippen LogP contribution in [0, 0.1) is 11.3 Å². The van der Waals surface area contributed by atoms with E-state index in [1.807, 2.05) is 45.0 Å². The minimum Gasteiger partial charge on any atom is -0.443 e. The summed E-state index contributed by atoms with van der Waals surface area (Å²) in [6.07, 6.45) is 3.17. The van der Waals surface area contributed by atoms with Crippen molar-refractivity contribution >= 4 is 17.0 Å². The predicted octanol–water partition coefficient (Wildman–Crippen LogP) is 3.98. The Kier molecular flexibility index (Phi) is 2.84. The van der Waals surface area contributed by atoms with Crippen molar-refractivity contribution in [1.29, 1.82) is 5.26 Å². The Hall–Kier alpha value is -2.28. The zero-order valence-corrected chi connectivity index (χ0v) is 12.5. The van der Waals surface area contributed by atoms with Crippen molar-refractivity contribution < 1.29 is 9.53 Å². The van der Waals surface area contributed by atoms with Crippen LogP contribution < -0.4 is 0 Å². The molecule has 0 aliphatic heterocycles. The van der Waals surface area contributed by atoms with Crippen LogP contribution in [0.15, 0.2) is 30.5 Å². The number of nitriles is 1. The fourth-order valence-corrected chi connectivity index (χ4v) is 2.50. The Labute approximate surface area is 123 Å². The third-order valence-corrected chi connectivity index (χ3v) is 3.80. The number of rotatable bonds is 1. The van der Waals surface area contributed by atoms with Gasteiger partial charge in [-0.3, -0.25) is 4.57 Å². The summed E-state index contributed by atoms with van der Waals surface area (Å²) in [4.78, 5) is 12.2. The highest BCUT2D eigenvalue weighted by Gasteiger charge is 2.44. The molecule has 1 aliphatic carbocycles. The van der Waals surface area contributed by atoms with Crippen LogP contribution in [-0.4, -0.2) is 16.3 Å². The SMILES string of the molecule is CC(C)(C)OC(=O)n1ccc2cc(C3(C#N)CC3)ccc21. The van der Waals surface area contributed by atoms with E-state index in [2.05, 4.69) is 6.07 Å². The second-order valence-electron chi connectivity index (χ2n) is 6.63. The molecule has 0 saturated heterocycles. The first-order valence-corrected chi connectivity index (χ1v) is 7.11. The van der Waals surface area contributed by atoms with Crippen LogP contribution in [0.1, 0.15) is 39.2 Å². The third-order valence-electron chi connectivity index (χ3n) is 3.80. The predicted molar refractivity (Wildman–Crippen MR) is 80.1 cm³/mol. The van der Waals surface area contributed by atoms with Gasteiger partial charge in [-0.15, -0.1) is 0 Å². The Bertz CT molecular complexity index is 755. The van der Waals surface area contributed by atoms with Gasteiger partial charge in [-0.05, 0) is 57.4 Å². The van der Waals surface area contributed by atoms with Crippen LogP contribution >= 0.6 is 0 Å². The standard InChI is InChI=1S/C17H18N2O2/c1-16(2,3)21-15(20)19-9-6-12-10-13(4-5-14(12)19)17(11-18)7-8-17/h4-6,9-10H,7-8H2,1-3H3. The number of carbonyl (C=O) groups is 1. The van der Waals surface area contributed by atoms with Crippen LogP contribution in [0.25, 0.3) is 10.9 Å². The molecule has 1 aliphatic rings. The average Bonchev–Trinajstić information content (AvgIpc) is 3.09. The van der Waals surface area contributed by atoms with Crippen LogP contribution in [-0.2, 0) is 10.2 Å². The maximum atomic E-state index is 12.2. The van der Waals surface area contributed by atoms with E-state index in [1.165, 1.54) is 4.57 Å². The number of nitrogens with zero attached hydrogens (tertiary/aromatic N) is 2. The fraction of sp³-hybridized carbons (Fsp3) is 0.412. The Morgan fingerprint density at radius 1 is 1.33 bits per heavy atom. The van der Waals surface area contributed by atoms with Crippen LogP contribution in [0.2, 0.25) is 0 Å². The van der Waals surface area contributed by atoms with E-state index in [4.69, 9.17) is 4.74 Å². The average molecular weight is 282 g/mol. The van der Waals surface area contributed by atoms with Gasteiger partial charge >= 0.3 is 6.09 Å². The van der Waals surface area contributed by atoms with Gasteiger partial charge in [0.05, 0.1) is 17.0 Å². The summed E-state index contributed by atoms with van der Waals surface area (Å²) >= 11 is 0. The molecule has 0 bridgehead atoms. The molecule has 1 saturated carbocycles. The molecule has 4 nitrogen and oxygen atoms in total. The molecule has 1 aromatic carbocycles. The molecule has 0 unspecified atom stereocenters. The maximum Gasteiger partial charge on any atom is 0.418 e. The van der Waals surface area contributed by atoms with E-state index in [-0.39, 0.29) is 11.5 Å². The number of ether oxygens (including phenoxy) is 1. The highest BCUT2D eigenvalue weighted by molar-refractivity contribution is 5.90. The van der Waals surface area contributed by atoms with Crippen molar-refractivity contribution in [1.82, 2.24) is 4.57 Å². The second kappa shape index (κ2) is 4.36. The molecule has 3 rings (SSSR count). The van der Waals surface area contributed by atoms with E-state index >= 15 is 0 Å². The van der Waals surface area contributed by atoms with Crippen molar-refractivity contribution in [3.63, 3.8) is 0 Å². The lowest BCUT2D eigenvalue weighted by atomic mass is 9.97. The van der Waals surface area contributed by atoms with Gasteiger partial charge in [0.1, 0.15) is 5.60 Å². The lowest BCUT2D eigenvalue weighted by Gasteiger charge is -2.19. The van der Waals surface area contributed by atoms with Crippen LogP contribution in [0.4, 0.5) is 4.79 Å². The lowest BCUT2D eigenvalue weighted by molar-refractivity contribution is 0.0544. The molecule has 0 amide bonds. The topological polar surface area (TPSA) is 55.0 Å². The summed E-state index contributed by atoms with van der Waals surface area (Å²) < 4.78 is 6.90. The fourth-order valence-electron chi connectivity index (χ4n) is 2.50. The molecule has 108 valence electrons. The molecule has 0 radical (unpaired) electrons. The van der Waals surface area contributed by atoms with Gasteiger partial charge in [0, 0.05) is 11.6 Å². The summed E-state index contributed by atoms with van der Waals surface area (Å²) in [5, 5.41) is 10.2. The Balaban J connectivity index is 1.97. The van der Waals surface area contributed by atoms with E-state index in [9.17, 15) is 10.1 Å². The van der Waals surface area contributed by atoms with Gasteiger partial charge in [-0.1, -0.05) is 6.07 Å². The molecule has 1 aromatic heterocycles. The van der Waals surface area contributed by atoms with Crippen molar-refractivity contribution in [2.45, 2.75) is 44.6 Å². The van der Waals surface area contributed by atoms with Gasteiger partial charge < -0.3 is 4.74 Å². The second-order valence-corrected chi connectivity index (χ2v) is 6.63. The summed E-state index contributed by atoms with van der Waals surface area (Å²) in [6, 6.07) is 10.1. The van der Waals surface area contributed by atoms with Gasteiger partial charge in [0.2, 0.25) is 0 Å². The molecule has 21 heavy (non-hydrogen) atoms. The van der Waals surface area contributed by atoms with E-state index < -0.39 is 5.60 Å². The van der Waals surface area contributed by atoms with E-state index in [0.29, 0.717) is 0 Å². The van der Waals surface area contributed by atoms with Crippen molar-refractivity contribution in [2.75, 3.05) is 0 Å². The third kappa shape index (κ3) is 2.40. The molecule has 1 fully saturated rings.